The molecule has 0 radical (unpaired) electrons. The van der Waals surface area contributed by atoms with Crippen LogP contribution in [0.15, 0.2) is 30.3 Å². The lowest BCUT2D eigenvalue weighted by Gasteiger charge is -2.12. The largest absolute Gasteiger partial charge is 0.348 e. The van der Waals surface area contributed by atoms with Crippen molar-refractivity contribution in [3.05, 3.63) is 47.7 Å². The molecular formula is C16H19FN4O. The van der Waals surface area contributed by atoms with Gasteiger partial charge in [-0.05, 0) is 44.5 Å². The Morgan fingerprint density at radius 3 is 2.59 bits per heavy atom. The van der Waals surface area contributed by atoms with Gasteiger partial charge in [0.1, 0.15) is 23.2 Å². The van der Waals surface area contributed by atoms with E-state index < -0.39 is 0 Å². The molecule has 22 heavy (non-hydrogen) atoms. The topological polar surface area (TPSA) is 66.9 Å². The summed E-state index contributed by atoms with van der Waals surface area (Å²) in [5, 5.41) is 5.90. The second-order valence-electron chi connectivity index (χ2n) is 5.10. The predicted octanol–water partition coefficient (Wildman–Crippen LogP) is 3.20. The first-order valence-corrected chi connectivity index (χ1v) is 7.17. The molecule has 116 valence electrons. The monoisotopic (exact) mass is 302 g/mol. The van der Waals surface area contributed by atoms with Gasteiger partial charge in [0.25, 0.3) is 5.91 Å². The fraction of sp³-hybridized carbons (Fsp3) is 0.312. The highest BCUT2D eigenvalue weighted by Crippen LogP contribution is 2.16. The van der Waals surface area contributed by atoms with Crippen molar-refractivity contribution in [2.75, 3.05) is 5.32 Å². The predicted molar refractivity (Wildman–Crippen MR) is 83.7 cm³/mol. The first-order valence-electron chi connectivity index (χ1n) is 7.17. The number of nitrogens with zero attached hydrogens (tertiary/aromatic N) is 2. The van der Waals surface area contributed by atoms with Gasteiger partial charge in [0.2, 0.25) is 0 Å². The van der Waals surface area contributed by atoms with Crippen LogP contribution in [-0.4, -0.2) is 21.9 Å². The minimum atomic E-state index is -0.307. The number of anilines is 2. The summed E-state index contributed by atoms with van der Waals surface area (Å²) in [6, 6.07) is 7.57. The van der Waals surface area contributed by atoms with E-state index in [1.807, 2.05) is 13.8 Å². The molecule has 0 saturated heterocycles. The van der Waals surface area contributed by atoms with E-state index in [2.05, 4.69) is 20.6 Å². The highest BCUT2D eigenvalue weighted by Gasteiger charge is 2.12. The number of benzene rings is 1. The molecule has 0 aliphatic carbocycles. The Hall–Kier alpha value is -2.50. The van der Waals surface area contributed by atoms with E-state index in [0.29, 0.717) is 23.0 Å². The number of carbonyl (C=O) groups excluding carboxylic acids is 1. The highest BCUT2D eigenvalue weighted by molar-refractivity contribution is 5.93. The van der Waals surface area contributed by atoms with Crippen molar-refractivity contribution in [2.45, 2.75) is 33.2 Å². The molecule has 0 saturated carbocycles. The van der Waals surface area contributed by atoms with Gasteiger partial charge in [0.05, 0.1) is 0 Å². The second-order valence-corrected chi connectivity index (χ2v) is 5.10. The van der Waals surface area contributed by atoms with E-state index in [9.17, 15) is 9.18 Å². The van der Waals surface area contributed by atoms with E-state index >= 15 is 0 Å². The van der Waals surface area contributed by atoms with Crippen molar-refractivity contribution in [1.29, 1.82) is 0 Å². The van der Waals surface area contributed by atoms with Gasteiger partial charge >= 0.3 is 0 Å². The number of aromatic nitrogens is 2. The maximum Gasteiger partial charge on any atom is 0.270 e. The lowest BCUT2D eigenvalue weighted by Crippen LogP contribution is -2.32. The molecule has 2 N–H and O–H groups in total. The Morgan fingerprint density at radius 1 is 1.27 bits per heavy atom. The van der Waals surface area contributed by atoms with E-state index in [1.54, 1.807) is 25.1 Å². The van der Waals surface area contributed by atoms with Crippen LogP contribution in [0.3, 0.4) is 0 Å². The van der Waals surface area contributed by atoms with Gasteiger partial charge < -0.3 is 10.6 Å². The maximum atomic E-state index is 12.9. The fourth-order valence-corrected chi connectivity index (χ4v) is 1.83. The molecule has 0 fully saturated rings. The molecule has 5 nitrogen and oxygen atoms in total. The maximum absolute atomic E-state index is 12.9. The van der Waals surface area contributed by atoms with Crippen LogP contribution >= 0.6 is 0 Å². The summed E-state index contributed by atoms with van der Waals surface area (Å²) >= 11 is 0. The zero-order valence-electron chi connectivity index (χ0n) is 12.9. The molecule has 1 aromatic heterocycles. The summed E-state index contributed by atoms with van der Waals surface area (Å²) in [5.41, 5.74) is 0.991. The molecule has 1 heterocycles. The smallest absolute Gasteiger partial charge is 0.270 e. The van der Waals surface area contributed by atoms with Crippen molar-refractivity contribution in [2.24, 2.45) is 0 Å². The first-order chi connectivity index (χ1) is 10.5. The van der Waals surface area contributed by atoms with Crippen molar-refractivity contribution in [1.82, 2.24) is 15.3 Å². The minimum absolute atomic E-state index is 0.0799. The third kappa shape index (κ3) is 4.25. The van der Waals surface area contributed by atoms with Gasteiger partial charge in [0.15, 0.2) is 0 Å². The quantitative estimate of drug-likeness (QED) is 0.890. The third-order valence-electron chi connectivity index (χ3n) is 3.18. The van der Waals surface area contributed by atoms with Crippen LogP contribution in [-0.2, 0) is 0 Å². The van der Waals surface area contributed by atoms with E-state index in [-0.39, 0.29) is 17.8 Å². The fourth-order valence-electron chi connectivity index (χ4n) is 1.83. The Bertz CT molecular complexity index is 658. The van der Waals surface area contributed by atoms with Crippen molar-refractivity contribution >= 4 is 17.4 Å². The van der Waals surface area contributed by atoms with Crippen LogP contribution in [0.1, 0.15) is 36.6 Å². The number of amides is 1. The molecule has 1 atom stereocenters. The zero-order chi connectivity index (χ0) is 16.1. The second kappa shape index (κ2) is 6.98. The van der Waals surface area contributed by atoms with Crippen LogP contribution in [0.4, 0.5) is 15.9 Å². The number of nitrogens with one attached hydrogen (secondary N) is 2. The third-order valence-corrected chi connectivity index (χ3v) is 3.18. The van der Waals surface area contributed by atoms with Crippen LogP contribution in [0, 0.1) is 12.7 Å². The Labute approximate surface area is 129 Å². The van der Waals surface area contributed by atoms with Crippen LogP contribution in [0.2, 0.25) is 0 Å². The van der Waals surface area contributed by atoms with Crippen LogP contribution in [0.5, 0.6) is 0 Å². The van der Waals surface area contributed by atoms with Gasteiger partial charge in [-0.2, -0.15) is 0 Å². The lowest BCUT2D eigenvalue weighted by atomic mass is 10.2. The van der Waals surface area contributed by atoms with Crippen molar-refractivity contribution in [3.63, 3.8) is 0 Å². The summed E-state index contributed by atoms with van der Waals surface area (Å²) in [5.74, 6) is 0.440. The van der Waals surface area contributed by atoms with Gasteiger partial charge in [-0.1, -0.05) is 6.92 Å². The lowest BCUT2D eigenvalue weighted by molar-refractivity contribution is 0.0934. The zero-order valence-corrected chi connectivity index (χ0v) is 12.9. The number of aryl methyl sites for hydroxylation is 1. The molecular weight excluding hydrogens is 283 g/mol. The van der Waals surface area contributed by atoms with Gasteiger partial charge in [-0.25, -0.2) is 14.4 Å². The highest BCUT2D eigenvalue weighted by atomic mass is 19.1. The average molecular weight is 302 g/mol. The van der Waals surface area contributed by atoms with Crippen LogP contribution in [0.25, 0.3) is 0 Å². The Morgan fingerprint density at radius 2 is 1.95 bits per heavy atom. The summed E-state index contributed by atoms with van der Waals surface area (Å²) in [6.45, 7) is 5.65. The Kier molecular flexibility index (Phi) is 5.04. The van der Waals surface area contributed by atoms with Gasteiger partial charge in [0, 0.05) is 17.8 Å². The SMILES string of the molecule is CCC(C)NC(=O)c1cc(Nc2ccc(F)cc2)nc(C)n1. The number of hydrogen-bond acceptors (Lipinski definition) is 4. The van der Waals surface area contributed by atoms with Crippen molar-refractivity contribution in [3.8, 4) is 0 Å². The average Bonchev–Trinajstić information content (AvgIpc) is 2.49. The van der Waals surface area contributed by atoms with Crippen molar-refractivity contribution < 1.29 is 9.18 Å². The molecule has 1 amide bonds. The first kappa shape index (κ1) is 15.9. The molecule has 0 aliphatic heterocycles. The summed E-state index contributed by atoms with van der Waals surface area (Å²) < 4.78 is 12.9. The molecule has 2 rings (SSSR count). The Balaban J connectivity index is 2.19. The molecule has 0 bridgehead atoms. The molecule has 0 spiro atoms. The molecule has 1 aromatic carbocycles. The minimum Gasteiger partial charge on any atom is -0.348 e. The molecule has 1 unspecified atom stereocenters. The van der Waals surface area contributed by atoms with Gasteiger partial charge in [-0.15, -0.1) is 0 Å². The number of hydrogen-bond donors (Lipinski definition) is 2. The normalized spacial score (nSPS) is 11.8. The van der Waals surface area contributed by atoms with Crippen LogP contribution < -0.4 is 10.6 Å². The van der Waals surface area contributed by atoms with E-state index in [4.69, 9.17) is 0 Å². The van der Waals surface area contributed by atoms with E-state index in [1.165, 1.54) is 12.1 Å². The number of halogens is 1. The number of carbonyl (C=O) groups is 1. The molecule has 2 aromatic rings. The summed E-state index contributed by atoms with van der Waals surface area (Å²) in [4.78, 5) is 20.5. The standard InChI is InChI=1S/C16H19FN4O/c1-4-10(2)18-16(22)14-9-15(20-11(3)19-14)21-13-7-5-12(17)6-8-13/h5-10H,4H2,1-3H3,(H,18,22)(H,19,20,21). The summed E-state index contributed by atoms with van der Waals surface area (Å²) in [7, 11) is 0. The van der Waals surface area contributed by atoms with Gasteiger partial charge in [-0.3, -0.25) is 4.79 Å². The molecule has 6 heteroatoms. The number of rotatable bonds is 5. The van der Waals surface area contributed by atoms with E-state index in [0.717, 1.165) is 6.42 Å². The summed E-state index contributed by atoms with van der Waals surface area (Å²) in [6.07, 6.45) is 0.844. The molecule has 0 aliphatic rings.